The third-order valence-corrected chi connectivity index (χ3v) is 4.86. The Labute approximate surface area is 130 Å². The van der Waals surface area contributed by atoms with Gasteiger partial charge in [-0.1, -0.05) is 36.7 Å². The van der Waals surface area contributed by atoms with Gasteiger partial charge < -0.3 is 4.90 Å². The topological polar surface area (TPSA) is 20.3 Å². The van der Waals surface area contributed by atoms with Crippen LogP contribution in [0.5, 0.6) is 0 Å². The minimum Gasteiger partial charge on any atom is -0.339 e. The number of halogens is 1. The molecule has 1 aliphatic heterocycles. The van der Waals surface area contributed by atoms with Crippen LogP contribution < -0.4 is 0 Å². The van der Waals surface area contributed by atoms with Crippen molar-refractivity contribution in [2.45, 2.75) is 40.0 Å². The third kappa shape index (κ3) is 3.85. The van der Waals surface area contributed by atoms with Crippen LogP contribution in [-0.2, 0) is 0 Å². The van der Waals surface area contributed by atoms with Crippen molar-refractivity contribution in [3.8, 4) is 0 Å². The number of carbonyl (C=O) groups excluding carboxylic acids is 1. The van der Waals surface area contributed by atoms with E-state index in [0.29, 0.717) is 11.3 Å². The first-order valence-electron chi connectivity index (χ1n) is 7.43. The average molecular weight is 338 g/mol. The minimum atomic E-state index is 0.173. The van der Waals surface area contributed by atoms with Gasteiger partial charge in [0.15, 0.2) is 0 Å². The van der Waals surface area contributed by atoms with Gasteiger partial charge in [0.1, 0.15) is 0 Å². The van der Waals surface area contributed by atoms with E-state index < -0.39 is 0 Å². The van der Waals surface area contributed by atoms with Gasteiger partial charge in [-0.3, -0.25) is 4.79 Å². The van der Waals surface area contributed by atoms with Crippen LogP contribution >= 0.6 is 15.9 Å². The van der Waals surface area contributed by atoms with Gasteiger partial charge in [0.2, 0.25) is 0 Å². The molecule has 1 heterocycles. The van der Waals surface area contributed by atoms with Crippen molar-refractivity contribution < 1.29 is 4.79 Å². The summed E-state index contributed by atoms with van der Waals surface area (Å²) in [5.41, 5.74) is 1.14. The van der Waals surface area contributed by atoms with Crippen LogP contribution in [0.3, 0.4) is 0 Å². The van der Waals surface area contributed by atoms with Crippen molar-refractivity contribution in [2.75, 3.05) is 13.1 Å². The standard InChI is InChI=1S/C17H24BrNO/c1-17(2,3)14-5-4-11-19(12-10-14)16(20)13-6-8-15(18)9-7-13/h6-9,14H,4-5,10-12H2,1-3H3. The zero-order valence-electron chi connectivity index (χ0n) is 12.7. The molecule has 1 saturated heterocycles. The molecule has 0 aliphatic carbocycles. The van der Waals surface area contributed by atoms with E-state index >= 15 is 0 Å². The molecule has 0 N–H and O–H groups in total. The van der Waals surface area contributed by atoms with E-state index in [9.17, 15) is 4.79 Å². The fraction of sp³-hybridized carbons (Fsp3) is 0.588. The zero-order valence-corrected chi connectivity index (χ0v) is 14.2. The Morgan fingerprint density at radius 1 is 1.15 bits per heavy atom. The van der Waals surface area contributed by atoms with Crippen molar-refractivity contribution in [3.05, 3.63) is 34.3 Å². The molecule has 0 spiro atoms. The fourth-order valence-electron chi connectivity index (χ4n) is 2.94. The van der Waals surface area contributed by atoms with Gasteiger partial charge in [0, 0.05) is 23.1 Å². The summed E-state index contributed by atoms with van der Waals surface area (Å²) in [5, 5.41) is 0. The van der Waals surface area contributed by atoms with E-state index in [-0.39, 0.29) is 5.91 Å². The molecule has 1 unspecified atom stereocenters. The van der Waals surface area contributed by atoms with Gasteiger partial charge in [-0.05, 0) is 54.9 Å². The van der Waals surface area contributed by atoms with Crippen molar-refractivity contribution >= 4 is 21.8 Å². The molecule has 1 aromatic carbocycles. The van der Waals surface area contributed by atoms with E-state index in [1.807, 2.05) is 29.2 Å². The van der Waals surface area contributed by atoms with E-state index in [1.54, 1.807) is 0 Å². The molecule has 1 aliphatic rings. The first kappa shape index (κ1) is 15.6. The number of amides is 1. The maximum atomic E-state index is 12.5. The van der Waals surface area contributed by atoms with Gasteiger partial charge in [0.05, 0.1) is 0 Å². The first-order chi connectivity index (χ1) is 9.38. The minimum absolute atomic E-state index is 0.173. The van der Waals surface area contributed by atoms with E-state index in [1.165, 1.54) is 6.42 Å². The van der Waals surface area contributed by atoms with Crippen molar-refractivity contribution in [1.29, 1.82) is 0 Å². The number of nitrogens with zero attached hydrogens (tertiary/aromatic N) is 1. The number of likely N-dealkylation sites (tertiary alicyclic amines) is 1. The molecule has 20 heavy (non-hydrogen) atoms. The molecule has 1 aromatic rings. The molecule has 0 aromatic heterocycles. The highest BCUT2D eigenvalue weighted by atomic mass is 79.9. The lowest BCUT2D eigenvalue weighted by atomic mass is 9.77. The molecule has 0 radical (unpaired) electrons. The van der Waals surface area contributed by atoms with Gasteiger partial charge in [-0.2, -0.15) is 0 Å². The molecule has 2 rings (SSSR count). The quantitative estimate of drug-likeness (QED) is 0.724. The normalized spacial score (nSPS) is 20.6. The SMILES string of the molecule is CC(C)(C)C1CCCN(C(=O)c2ccc(Br)cc2)CC1. The van der Waals surface area contributed by atoms with Crippen molar-refractivity contribution in [3.63, 3.8) is 0 Å². The highest BCUT2D eigenvalue weighted by molar-refractivity contribution is 9.10. The van der Waals surface area contributed by atoms with Crippen LogP contribution in [0.4, 0.5) is 0 Å². The lowest BCUT2D eigenvalue weighted by Crippen LogP contribution is -2.32. The third-order valence-electron chi connectivity index (χ3n) is 4.33. The number of carbonyl (C=O) groups is 1. The maximum Gasteiger partial charge on any atom is 0.253 e. The summed E-state index contributed by atoms with van der Waals surface area (Å²) in [4.78, 5) is 14.6. The van der Waals surface area contributed by atoms with E-state index in [2.05, 4.69) is 36.7 Å². The smallest absolute Gasteiger partial charge is 0.253 e. The Morgan fingerprint density at radius 2 is 1.80 bits per heavy atom. The molecule has 0 bridgehead atoms. The summed E-state index contributed by atoms with van der Waals surface area (Å²) in [6.45, 7) is 8.70. The largest absolute Gasteiger partial charge is 0.339 e. The Morgan fingerprint density at radius 3 is 2.40 bits per heavy atom. The Hall–Kier alpha value is -0.830. The fourth-order valence-corrected chi connectivity index (χ4v) is 3.20. The highest BCUT2D eigenvalue weighted by Gasteiger charge is 2.28. The van der Waals surface area contributed by atoms with Crippen LogP contribution in [0.2, 0.25) is 0 Å². The first-order valence-corrected chi connectivity index (χ1v) is 8.22. The predicted octanol–water partition coefficient (Wildman–Crippen LogP) is 4.74. The Balaban J connectivity index is 2.03. The van der Waals surface area contributed by atoms with E-state index in [4.69, 9.17) is 0 Å². The molecular formula is C17H24BrNO. The monoisotopic (exact) mass is 337 g/mol. The molecule has 1 amide bonds. The Bertz CT molecular complexity index is 461. The number of hydrogen-bond donors (Lipinski definition) is 0. The predicted molar refractivity (Wildman–Crippen MR) is 86.8 cm³/mol. The van der Waals surface area contributed by atoms with Crippen LogP contribution in [-0.4, -0.2) is 23.9 Å². The number of hydrogen-bond acceptors (Lipinski definition) is 1. The summed E-state index contributed by atoms with van der Waals surface area (Å²) in [6, 6.07) is 7.67. The summed E-state index contributed by atoms with van der Waals surface area (Å²) < 4.78 is 1.01. The second kappa shape index (κ2) is 6.30. The second-order valence-electron chi connectivity index (χ2n) is 6.79. The number of rotatable bonds is 1. The summed E-state index contributed by atoms with van der Waals surface area (Å²) in [5.74, 6) is 0.886. The molecule has 2 nitrogen and oxygen atoms in total. The average Bonchev–Trinajstić information content (AvgIpc) is 2.64. The van der Waals surface area contributed by atoms with Gasteiger partial charge >= 0.3 is 0 Å². The lowest BCUT2D eigenvalue weighted by Gasteiger charge is -2.29. The van der Waals surface area contributed by atoms with Gasteiger partial charge in [0.25, 0.3) is 5.91 Å². The zero-order chi connectivity index (χ0) is 14.8. The van der Waals surface area contributed by atoms with Crippen LogP contribution in [0.25, 0.3) is 0 Å². The molecule has 3 heteroatoms. The summed E-state index contributed by atoms with van der Waals surface area (Å²) >= 11 is 3.41. The van der Waals surface area contributed by atoms with Crippen LogP contribution in [0.15, 0.2) is 28.7 Å². The molecule has 1 fully saturated rings. The van der Waals surface area contributed by atoms with E-state index in [0.717, 1.165) is 36.0 Å². The summed E-state index contributed by atoms with van der Waals surface area (Å²) in [6.07, 6.45) is 3.46. The molecule has 0 saturated carbocycles. The van der Waals surface area contributed by atoms with Crippen LogP contribution in [0.1, 0.15) is 50.4 Å². The second-order valence-corrected chi connectivity index (χ2v) is 7.71. The molecular weight excluding hydrogens is 314 g/mol. The highest BCUT2D eigenvalue weighted by Crippen LogP contribution is 2.34. The number of benzene rings is 1. The Kier molecular flexibility index (Phi) is 4.90. The molecule has 1 atom stereocenters. The molecule has 110 valence electrons. The van der Waals surface area contributed by atoms with Crippen molar-refractivity contribution in [1.82, 2.24) is 4.90 Å². The van der Waals surface area contributed by atoms with Crippen molar-refractivity contribution in [2.24, 2.45) is 11.3 Å². The van der Waals surface area contributed by atoms with Gasteiger partial charge in [-0.25, -0.2) is 0 Å². The maximum absolute atomic E-state index is 12.5. The van der Waals surface area contributed by atoms with Gasteiger partial charge in [-0.15, -0.1) is 0 Å². The lowest BCUT2D eigenvalue weighted by molar-refractivity contribution is 0.0755. The van der Waals surface area contributed by atoms with Crippen LogP contribution in [0, 0.1) is 11.3 Å². The summed E-state index contributed by atoms with van der Waals surface area (Å²) in [7, 11) is 0.